The first-order valence-electron chi connectivity index (χ1n) is 11.0. The Hall–Kier alpha value is -3.26. The van der Waals surface area contributed by atoms with E-state index in [1.807, 2.05) is 49.8 Å². The highest BCUT2D eigenvalue weighted by molar-refractivity contribution is 7.13. The van der Waals surface area contributed by atoms with Gasteiger partial charge in [-0.3, -0.25) is 9.48 Å². The van der Waals surface area contributed by atoms with Crippen LogP contribution in [0.15, 0.2) is 41.9 Å². The highest BCUT2D eigenvalue weighted by Gasteiger charge is 2.19. The maximum absolute atomic E-state index is 13.2. The van der Waals surface area contributed by atoms with Gasteiger partial charge >= 0.3 is 0 Å². The van der Waals surface area contributed by atoms with E-state index in [2.05, 4.69) is 26.4 Å². The molecule has 0 spiro atoms. The third-order valence-corrected chi connectivity index (χ3v) is 6.82. The third-order valence-electron chi connectivity index (χ3n) is 5.93. The number of thiophene rings is 1. The molecule has 1 aliphatic rings. The van der Waals surface area contributed by atoms with Crippen LogP contribution in [0.4, 0.5) is 5.82 Å². The Kier molecular flexibility index (Phi) is 5.61. The number of carbonyl (C=O) groups excluding carboxylic acids is 1. The summed E-state index contributed by atoms with van der Waals surface area (Å²) < 4.78 is 1.74. The molecule has 5 rings (SSSR count). The van der Waals surface area contributed by atoms with Crippen molar-refractivity contribution < 1.29 is 4.79 Å². The molecule has 4 aromatic heterocycles. The Morgan fingerprint density at radius 2 is 2.03 bits per heavy atom. The molecule has 0 saturated carbocycles. The molecule has 1 aliphatic heterocycles. The van der Waals surface area contributed by atoms with E-state index in [1.165, 1.54) is 19.3 Å². The number of anilines is 1. The maximum atomic E-state index is 13.2. The Morgan fingerprint density at radius 3 is 2.75 bits per heavy atom. The molecule has 0 atom stereocenters. The molecule has 1 amide bonds. The van der Waals surface area contributed by atoms with E-state index in [0.717, 1.165) is 46.1 Å². The average Bonchev–Trinajstić information content (AvgIpc) is 3.46. The van der Waals surface area contributed by atoms with E-state index in [0.29, 0.717) is 17.8 Å². The molecule has 1 N–H and O–H groups in total. The first-order chi connectivity index (χ1) is 15.6. The van der Waals surface area contributed by atoms with E-state index >= 15 is 0 Å². The number of amides is 1. The molecule has 32 heavy (non-hydrogen) atoms. The van der Waals surface area contributed by atoms with E-state index in [4.69, 9.17) is 4.98 Å². The molecule has 8 heteroatoms. The largest absolute Gasteiger partial charge is 0.357 e. The molecule has 4 aromatic rings. The number of pyridine rings is 2. The van der Waals surface area contributed by atoms with Crippen molar-refractivity contribution in [2.75, 3.05) is 18.0 Å². The van der Waals surface area contributed by atoms with Gasteiger partial charge in [0.25, 0.3) is 5.91 Å². The van der Waals surface area contributed by atoms with Gasteiger partial charge in [-0.25, -0.2) is 9.97 Å². The van der Waals surface area contributed by atoms with Crippen molar-refractivity contribution in [3.8, 4) is 10.6 Å². The van der Waals surface area contributed by atoms with Gasteiger partial charge in [-0.2, -0.15) is 5.10 Å². The van der Waals surface area contributed by atoms with Gasteiger partial charge in [0, 0.05) is 32.9 Å². The van der Waals surface area contributed by atoms with Crippen LogP contribution in [0.25, 0.3) is 21.6 Å². The summed E-state index contributed by atoms with van der Waals surface area (Å²) in [7, 11) is 1.86. The number of piperidine rings is 1. The number of aryl methyl sites for hydroxylation is 2. The predicted molar refractivity (Wildman–Crippen MR) is 128 cm³/mol. The summed E-state index contributed by atoms with van der Waals surface area (Å²) in [6.07, 6.45) is 5.61. The molecule has 5 heterocycles. The molecular weight excluding hydrogens is 420 g/mol. The van der Waals surface area contributed by atoms with Crippen LogP contribution in [0.5, 0.6) is 0 Å². The summed E-state index contributed by atoms with van der Waals surface area (Å²) in [5.74, 6) is 0.883. The van der Waals surface area contributed by atoms with Crippen LogP contribution in [0.3, 0.4) is 0 Å². The molecule has 164 valence electrons. The maximum Gasteiger partial charge on any atom is 0.252 e. The zero-order valence-corrected chi connectivity index (χ0v) is 19.2. The minimum absolute atomic E-state index is 0.133. The lowest BCUT2D eigenvalue weighted by molar-refractivity contribution is 0.0952. The van der Waals surface area contributed by atoms with Crippen LogP contribution in [-0.4, -0.2) is 38.7 Å². The summed E-state index contributed by atoms with van der Waals surface area (Å²) >= 11 is 1.60. The minimum atomic E-state index is -0.133. The van der Waals surface area contributed by atoms with E-state index in [-0.39, 0.29) is 5.91 Å². The Morgan fingerprint density at radius 1 is 1.19 bits per heavy atom. The summed E-state index contributed by atoms with van der Waals surface area (Å²) in [6, 6.07) is 9.97. The van der Waals surface area contributed by atoms with Crippen LogP contribution < -0.4 is 10.2 Å². The number of hydrogen-bond donors (Lipinski definition) is 1. The van der Waals surface area contributed by atoms with Gasteiger partial charge in [0.15, 0.2) is 5.65 Å². The van der Waals surface area contributed by atoms with Gasteiger partial charge in [-0.15, -0.1) is 11.3 Å². The van der Waals surface area contributed by atoms with Gasteiger partial charge in [0.2, 0.25) is 0 Å². The number of carbonyl (C=O) groups is 1. The van der Waals surface area contributed by atoms with Crippen LogP contribution in [-0.2, 0) is 13.6 Å². The van der Waals surface area contributed by atoms with Crippen molar-refractivity contribution in [2.24, 2.45) is 7.05 Å². The van der Waals surface area contributed by atoms with Gasteiger partial charge < -0.3 is 10.2 Å². The zero-order valence-electron chi connectivity index (χ0n) is 18.3. The van der Waals surface area contributed by atoms with Crippen LogP contribution in [0, 0.1) is 6.92 Å². The lowest BCUT2D eigenvalue weighted by Gasteiger charge is -2.27. The number of rotatable bonds is 5. The first kappa shape index (κ1) is 20.6. The summed E-state index contributed by atoms with van der Waals surface area (Å²) in [5, 5.41) is 10.4. The Bertz CT molecular complexity index is 1240. The predicted octanol–water partition coefficient (Wildman–Crippen LogP) is 4.32. The highest BCUT2D eigenvalue weighted by Crippen LogP contribution is 2.29. The third kappa shape index (κ3) is 3.98. The highest BCUT2D eigenvalue weighted by atomic mass is 32.1. The molecule has 0 unspecified atom stereocenters. The van der Waals surface area contributed by atoms with E-state index < -0.39 is 0 Å². The normalized spacial score (nSPS) is 14.1. The molecule has 0 bridgehead atoms. The smallest absolute Gasteiger partial charge is 0.252 e. The second-order valence-electron chi connectivity index (χ2n) is 8.20. The quantitative estimate of drug-likeness (QED) is 0.494. The monoisotopic (exact) mass is 446 g/mol. The summed E-state index contributed by atoms with van der Waals surface area (Å²) in [4.78, 5) is 26.0. The molecule has 0 radical (unpaired) electrons. The first-order valence-corrected chi connectivity index (χ1v) is 11.8. The standard InChI is InChI=1S/C24H26N6OS/c1-16-22-18(13-19(20-7-6-12-32-20)27-23(22)29(2)28-16)24(31)26-15-17-8-9-21(25-14-17)30-10-4-3-5-11-30/h6-9,12-14H,3-5,10-11,15H2,1-2H3,(H,26,31). The molecule has 1 fully saturated rings. The fraction of sp³-hybridized carbons (Fsp3) is 0.333. The summed E-state index contributed by atoms with van der Waals surface area (Å²) in [6.45, 7) is 4.47. The number of nitrogens with one attached hydrogen (secondary N) is 1. The van der Waals surface area contributed by atoms with Gasteiger partial charge in [0.05, 0.1) is 27.2 Å². The van der Waals surface area contributed by atoms with Gasteiger partial charge in [-0.05, 0) is 55.3 Å². The lowest BCUT2D eigenvalue weighted by atomic mass is 10.1. The molecule has 0 aromatic carbocycles. The number of aromatic nitrogens is 4. The molecular formula is C24H26N6OS. The van der Waals surface area contributed by atoms with Crippen molar-refractivity contribution in [3.05, 3.63) is 58.7 Å². The zero-order chi connectivity index (χ0) is 22.1. The van der Waals surface area contributed by atoms with Crippen molar-refractivity contribution >= 4 is 34.1 Å². The molecule has 0 aliphatic carbocycles. The van der Waals surface area contributed by atoms with E-state index in [1.54, 1.807) is 16.0 Å². The number of hydrogen-bond acceptors (Lipinski definition) is 6. The number of fused-ring (bicyclic) bond motifs is 1. The van der Waals surface area contributed by atoms with Gasteiger partial charge in [0.1, 0.15) is 5.82 Å². The second kappa shape index (κ2) is 8.70. The van der Waals surface area contributed by atoms with Crippen molar-refractivity contribution in [3.63, 3.8) is 0 Å². The number of nitrogens with zero attached hydrogens (tertiary/aromatic N) is 5. The van der Waals surface area contributed by atoms with Crippen LogP contribution >= 0.6 is 11.3 Å². The topological polar surface area (TPSA) is 75.9 Å². The van der Waals surface area contributed by atoms with Crippen molar-refractivity contribution in [1.29, 1.82) is 0 Å². The Labute approximate surface area is 191 Å². The molecule has 1 saturated heterocycles. The fourth-order valence-electron chi connectivity index (χ4n) is 4.28. The summed E-state index contributed by atoms with van der Waals surface area (Å²) in [5.41, 5.74) is 3.87. The SMILES string of the molecule is Cc1nn(C)c2nc(-c3cccs3)cc(C(=O)NCc3ccc(N4CCCCC4)nc3)c12. The fourth-order valence-corrected chi connectivity index (χ4v) is 4.97. The van der Waals surface area contributed by atoms with Crippen LogP contribution in [0.2, 0.25) is 0 Å². The Balaban J connectivity index is 1.37. The van der Waals surface area contributed by atoms with Crippen molar-refractivity contribution in [1.82, 2.24) is 25.1 Å². The van der Waals surface area contributed by atoms with E-state index in [9.17, 15) is 4.79 Å². The average molecular weight is 447 g/mol. The lowest BCUT2D eigenvalue weighted by Crippen LogP contribution is -2.30. The van der Waals surface area contributed by atoms with Gasteiger partial charge in [-0.1, -0.05) is 12.1 Å². The second-order valence-corrected chi connectivity index (χ2v) is 9.14. The van der Waals surface area contributed by atoms with Crippen molar-refractivity contribution in [2.45, 2.75) is 32.7 Å². The molecule has 7 nitrogen and oxygen atoms in total. The minimum Gasteiger partial charge on any atom is -0.357 e. The van der Waals surface area contributed by atoms with Crippen LogP contribution in [0.1, 0.15) is 40.9 Å².